The van der Waals surface area contributed by atoms with Gasteiger partial charge in [-0.2, -0.15) is 4.68 Å². The Hall–Kier alpha value is -2.68. The predicted molar refractivity (Wildman–Crippen MR) is 94.7 cm³/mol. The number of carbonyl (C=O) groups is 2. The molecule has 132 valence electrons. The van der Waals surface area contributed by atoms with Crippen LogP contribution in [-0.2, 0) is 16.0 Å². The minimum atomic E-state index is -0.611. The summed E-state index contributed by atoms with van der Waals surface area (Å²) < 4.78 is 0.854. The van der Waals surface area contributed by atoms with Crippen molar-refractivity contribution in [2.75, 3.05) is 11.6 Å². The second-order valence-electron chi connectivity index (χ2n) is 5.45. The molecule has 2 rings (SSSR count). The van der Waals surface area contributed by atoms with Crippen LogP contribution in [0.15, 0.2) is 40.3 Å². The lowest BCUT2D eigenvalue weighted by atomic mass is 10.0. The summed E-state index contributed by atoms with van der Waals surface area (Å²) in [5, 5.41) is 10.3. The predicted octanol–water partition coefficient (Wildman–Crippen LogP) is 0.0691. The van der Waals surface area contributed by atoms with E-state index in [0.29, 0.717) is 6.42 Å². The zero-order chi connectivity index (χ0) is 18.4. The van der Waals surface area contributed by atoms with Gasteiger partial charge in [-0.15, -0.1) is 10.2 Å². The van der Waals surface area contributed by atoms with Crippen LogP contribution in [0, 0.1) is 6.92 Å². The van der Waals surface area contributed by atoms with E-state index < -0.39 is 11.6 Å². The number of rotatable bonds is 7. The first-order valence-electron chi connectivity index (χ1n) is 7.56. The van der Waals surface area contributed by atoms with E-state index in [1.54, 1.807) is 0 Å². The lowest BCUT2D eigenvalue weighted by Gasteiger charge is -2.16. The average Bonchev–Trinajstić information content (AvgIpc) is 2.59. The fourth-order valence-electron chi connectivity index (χ4n) is 2.08. The molecule has 0 aliphatic rings. The first-order valence-corrected chi connectivity index (χ1v) is 8.55. The van der Waals surface area contributed by atoms with Crippen molar-refractivity contribution in [3.8, 4) is 0 Å². The molecule has 0 fully saturated rings. The minimum absolute atomic E-state index is 0.0348. The van der Waals surface area contributed by atoms with Crippen molar-refractivity contribution in [3.05, 3.63) is 51.9 Å². The smallest absolute Gasteiger partial charge is 0.294 e. The molecule has 0 aliphatic carbocycles. The van der Waals surface area contributed by atoms with E-state index in [1.807, 2.05) is 30.3 Å². The Morgan fingerprint density at radius 1 is 1.28 bits per heavy atom. The Labute approximate surface area is 148 Å². The van der Waals surface area contributed by atoms with Crippen molar-refractivity contribution in [1.82, 2.24) is 20.2 Å². The third-order valence-corrected chi connectivity index (χ3v) is 4.40. The molecular formula is C16H19N5O3S. The number of nitrogen functional groups attached to an aromatic ring is 1. The van der Waals surface area contributed by atoms with Gasteiger partial charge in [-0.25, -0.2) is 0 Å². The fourth-order valence-corrected chi connectivity index (χ4v) is 2.74. The number of nitrogens with two attached hydrogens (primary N) is 1. The Morgan fingerprint density at radius 3 is 2.60 bits per heavy atom. The summed E-state index contributed by atoms with van der Waals surface area (Å²) in [6.45, 7) is 2.94. The van der Waals surface area contributed by atoms with Gasteiger partial charge in [0.25, 0.3) is 5.56 Å². The third-order valence-electron chi connectivity index (χ3n) is 3.46. The van der Waals surface area contributed by atoms with Crippen molar-refractivity contribution >= 4 is 23.5 Å². The quantitative estimate of drug-likeness (QED) is 0.529. The average molecular weight is 361 g/mol. The van der Waals surface area contributed by atoms with Crippen LogP contribution in [0.1, 0.15) is 18.2 Å². The molecule has 2 aromatic rings. The van der Waals surface area contributed by atoms with Crippen LogP contribution in [0.4, 0.5) is 0 Å². The number of amides is 1. The van der Waals surface area contributed by atoms with Gasteiger partial charge in [-0.1, -0.05) is 42.1 Å². The van der Waals surface area contributed by atoms with Gasteiger partial charge < -0.3 is 11.2 Å². The summed E-state index contributed by atoms with van der Waals surface area (Å²) in [6, 6.07) is 8.81. The molecule has 1 atom stereocenters. The van der Waals surface area contributed by atoms with Crippen LogP contribution in [0.3, 0.4) is 0 Å². The molecule has 0 radical (unpaired) electrons. The van der Waals surface area contributed by atoms with Crippen molar-refractivity contribution in [2.45, 2.75) is 31.5 Å². The number of hydrogen-bond donors (Lipinski definition) is 2. The summed E-state index contributed by atoms with van der Waals surface area (Å²) in [7, 11) is 0. The number of thioether (sulfide) groups is 1. The van der Waals surface area contributed by atoms with Gasteiger partial charge >= 0.3 is 0 Å². The van der Waals surface area contributed by atoms with Gasteiger partial charge in [0.05, 0.1) is 11.8 Å². The normalized spacial score (nSPS) is 11.8. The van der Waals surface area contributed by atoms with E-state index in [0.717, 1.165) is 22.0 Å². The van der Waals surface area contributed by atoms with E-state index in [-0.39, 0.29) is 28.3 Å². The van der Waals surface area contributed by atoms with Crippen LogP contribution >= 0.6 is 11.8 Å². The van der Waals surface area contributed by atoms with Crippen LogP contribution in [0.5, 0.6) is 0 Å². The first-order chi connectivity index (χ1) is 11.9. The number of Topliss-reactive ketones (excluding diaryl/α,β-unsaturated/α-hetero) is 1. The molecule has 9 heteroatoms. The van der Waals surface area contributed by atoms with Gasteiger partial charge in [0.1, 0.15) is 5.69 Å². The zero-order valence-electron chi connectivity index (χ0n) is 13.9. The molecule has 0 saturated heterocycles. The molecule has 0 spiro atoms. The summed E-state index contributed by atoms with van der Waals surface area (Å²) in [6.07, 6.45) is 0.415. The van der Waals surface area contributed by atoms with E-state index >= 15 is 0 Å². The lowest BCUT2D eigenvalue weighted by Crippen LogP contribution is -2.42. The number of nitrogens with one attached hydrogen (secondary N) is 1. The van der Waals surface area contributed by atoms with Crippen molar-refractivity contribution in [3.63, 3.8) is 0 Å². The van der Waals surface area contributed by atoms with Crippen molar-refractivity contribution < 1.29 is 9.59 Å². The molecule has 1 amide bonds. The molecule has 1 aromatic heterocycles. The molecule has 1 heterocycles. The highest BCUT2D eigenvalue weighted by Crippen LogP contribution is 2.11. The largest absolute Gasteiger partial charge is 0.345 e. The SMILES string of the molecule is CC(=O)[C@@H](Cc1ccccc1)NC(=O)CSc1nnc(C)c(=O)n1N. The number of aryl methyl sites for hydroxylation is 1. The molecule has 1 aromatic carbocycles. The summed E-state index contributed by atoms with van der Waals surface area (Å²) >= 11 is 0.979. The Morgan fingerprint density at radius 2 is 1.96 bits per heavy atom. The number of ketones is 1. The number of benzene rings is 1. The standard InChI is InChI=1S/C16H19N5O3S/c1-10-15(24)21(17)16(20-19-10)25-9-14(23)18-13(11(2)22)8-12-6-4-3-5-7-12/h3-7,13H,8-9,17H2,1-2H3,(H,18,23)/t13-/m1/s1. The first kappa shape index (κ1) is 18.7. The topological polar surface area (TPSA) is 120 Å². The van der Waals surface area contributed by atoms with Gasteiger partial charge in [-0.05, 0) is 25.8 Å². The number of carbonyl (C=O) groups excluding carboxylic acids is 2. The van der Waals surface area contributed by atoms with Crippen LogP contribution < -0.4 is 16.7 Å². The summed E-state index contributed by atoms with van der Waals surface area (Å²) in [5.41, 5.74) is 0.662. The van der Waals surface area contributed by atoms with E-state index in [4.69, 9.17) is 5.84 Å². The summed E-state index contributed by atoms with van der Waals surface area (Å²) in [4.78, 5) is 35.6. The third kappa shape index (κ3) is 5.15. The summed E-state index contributed by atoms with van der Waals surface area (Å²) in [5.74, 6) is 5.10. The van der Waals surface area contributed by atoms with E-state index in [9.17, 15) is 14.4 Å². The molecule has 25 heavy (non-hydrogen) atoms. The van der Waals surface area contributed by atoms with Crippen LogP contribution in [-0.4, -0.2) is 38.4 Å². The zero-order valence-corrected chi connectivity index (χ0v) is 14.7. The highest BCUT2D eigenvalue weighted by Gasteiger charge is 2.18. The van der Waals surface area contributed by atoms with Gasteiger partial charge in [-0.3, -0.25) is 14.4 Å². The molecule has 8 nitrogen and oxygen atoms in total. The monoisotopic (exact) mass is 361 g/mol. The van der Waals surface area contributed by atoms with Gasteiger partial charge in [0, 0.05) is 0 Å². The second kappa shape index (κ2) is 8.43. The Bertz CT molecular complexity index is 822. The second-order valence-corrected chi connectivity index (χ2v) is 6.39. The number of hydrogen-bond acceptors (Lipinski definition) is 7. The number of nitrogens with zero attached hydrogens (tertiary/aromatic N) is 3. The van der Waals surface area contributed by atoms with Crippen molar-refractivity contribution in [2.24, 2.45) is 0 Å². The van der Waals surface area contributed by atoms with Gasteiger partial charge in [0.2, 0.25) is 11.1 Å². The van der Waals surface area contributed by atoms with Crippen LogP contribution in [0.25, 0.3) is 0 Å². The molecular weight excluding hydrogens is 342 g/mol. The highest BCUT2D eigenvalue weighted by molar-refractivity contribution is 7.99. The minimum Gasteiger partial charge on any atom is -0.345 e. The maximum atomic E-state index is 12.1. The fraction of sp³-hybridized carbons (Fsp3) is 0.312. The lowest BCUT2D eigenvalue weighted by molar-refractivity contribution is -0.125. The maximum Gasteiger partial charge on any atom is 0.294 e. The molecule has 0 unspecified atom stereocenters. The van der Waals surface area contributed by atoms with E-state index in [1.165, 1.54) is 13.8 Å². The molecule has 0 bridgehead atoms. The Kier molecular flexibility index (Phi) is 6.29. The number of aromatic nitrogens is 3. The molecule has 0 saturated carbocycles. The van der Waals surface area contributed by atoms with E-state index in [2.05, 4.69) is 15.5 Å². The van der Waals surface area contributed by atoms with Gasteiger partial charge in [0.15, 0.2) is 5.78 Å². The molecule has 3 N–H and O–H groups in total. The highest BCUT2D eigenvalue weighted by atomic mass is 32.2. The molecule has 0 aliphatic heterocycles. The maximum absolute atomic E-state index is 12.1. The Balaban J connectivity index is 1.97. The van der Waals surface area contributed by atoms with Crippen LogP contribution in [0.2, 0.25) is 0 Å². The van der Waals surface area contributed by atoms with Crippen molar-refractivity contribution in [1.29, 1.82) is 0 Å².